The van der Waals surface area contributed by atoms with Gasteiger partial charge in [-0.05, 0) is 19.1 Å². The van der Waals surface area contributed by atoms with Gasteiger partial charge in [0, 0.05) is 7.05 Å². The number of nitrogens with zero attached hydrogens (tertiary/aromatic N) is 2. The lowest BCUT2D eigenvalue weighted by Crippen LogP contribution is -2.19. The molecule has 1 aromatic carbocycles. The van der Waals surface area contributed by atoms with Gasteiger partial charge in [0.15, 0.2) is 0 Å². The fourth-order valence-electron chi connectivity index (χ4n) is 1.54. The summed E-state index contributed by atoms with van der Waals surface area (Å²) >= 11 is 5.90. The maximum Gasteiger partial charge on any atom is 0.290 e. The molecule has 0 saturated heterocycles. The molecule has 0 radical (unpaired) electrons. The van der Waals surface area contributed by atoms with Crippen LogP contribution in [-0.2, 0) is 7.05 Å². The summed E-state index contributed by atoms with van der Waals surface area (Å²) in [5.74, 6) is 0. The minimum absolute atomic E-state index is 0.178. The average Bonchev–Trinajstić information content (AvgIpc) is 2.45. The maximum atomic E-state index is 11.8. The van der Waals surface area contributed by atoms with Gasteiger partial charge >= 0.3 is 0 Å². The predicted octanol–water partition coefficient (Wildman–Crippen LogP) is 2.14. The van der Waals surface area contributed by atoms with E-state index in [-0.39, 0.29) is 10.6 Å². The molecule has 0 aliphatic rings. The second-order valence-electron chi connectivity index (χ2n) is 3.38. The second-order valence-corrected chi connectivity index (χ2v) is 3.75. The van der Waals surface area contributed by atoms with E-state index in [1.807, 2.05) is 44.3 Å². The van der Waals surface area contributed by atoms with Crippen LogP contribution in [-0.4, -0.2) is 9.36 Å². The molecule has 15 heavy (non-hydrogen) atoms. The van der Waals surface area contributed by atoms with E-state index in [0.717, 1.165) is 11.4 Å². The Morgan fingerprint density at radius 3 is 2.27 bits per heavy atom. The summed E-state index contributed by atoms with van der Waals surface area (Å²) < 4.78 is 3.30. The monoisotopic (exact) mass is 222 g/mol. The van der Waals surface area contributed by atoms with E-state index in [2.05, 4.69) is 0 Å². The minimum atomic E-state index is -0.178. The molecule has 2 aromatic rings. The number of benzene rings is 1. The first kappa shape index (κ1) is 10.1. The summed E-state index contributed by atoms with van der Waals surface area (Å²) in [7, 11) is 1.82. The molecule has 0 saturated carbocycles. The first-order valence-corrected chi connectivity index (χ1v) is 5.00. The molecule has 0 unspecified atom stereocenters. The highest BCUT2D eigenvalue weighted by atomic mass is 35.5. The summed E-state index contributed by atoms with van der Waals surface area (Å²) in [6.07, 6.45) is 0. The van der Waals surface area contributed by atoms with Crippen LogP contribution < -0.4 is 5.56 Å². The first-order valence-electron chi connectivity index (χ1n) is 4.62. The first-order chi connectivity index (χ1) is 7.13. The van der Waals surface area contributed by atoms with E-state index in [4.69, 9.17) is 11.6 Å². The van der Waals surface area contributed by atoms with Gasteiger partial charge in [0.2, 0.25) is 0 Å². The van der Waals surface area contributed by atoms with Gasteiger partial charge in [-0.2, -0.15) is 0 Å². The third-order valence-corrected chi connectivity index (χ3v) is 2.92. The fourth-order valence-corrected chi connectivity index (χ4v) is 1.74. The Kier molecular flexibility index (Phi) is 2.40. The van der Waals surface area contributed by atoms with Gasteiger partial charge in [-0.3, -0.25) is 9.48 Å². The molecule has 0 N–H and O–H groups in total. The largest absolute Gasteiger partial charge is 0.290 e. The van der Waals surface area contributed by atoms with Gasteiger partial charge in [-0.25, -0.2) is 4.68 Å². The third kappa shape index (κ3) is 1.49. The van der Waals surface area contributed by atoms with Crippen LogP contribution in [0.15, 0.2) is 35.1 Å². The highest BCUT2D eigenvalue weighted by Crippen LogP contribution is 2.13. The van der Waals surface area contributed by atoms with Crippen molar-refractivity contribution in [2.75, 3.05) is 0 Å². The van der Waals surface area contributed by atoms with Crippen LogP contribution >= 0.6 is 11.6 Å². The fraction of sp³-hybridized carbons (Fsp3) is 0.182. The van der Waals surface area contributed by atoms with Gasteiger partial charge in [-0.1, -0.05) is 29.8 Å². The molecule has 78 valence electrons. The Morgan fingerprint density at radius 2 is 1.80 bits per heavy atom. The van der Waals surface area contributed by atoms with Crippen molar-refractivity contribution >= 4 is 11.6 Å². The third-order valence-electron chi connectivity index (χ3n) is 2.48. The van der Waals surface area contributed by atoms with E-state index in [1.54, 1.807) is 9.36 Å². The molecule has 2 rings (SSSR count). The number of aromatic nitrogens is 2. The smallest absolute Gasteiger partial charge is 0.284 e. The van der Waals surface area contributed by atoms with Crippen LogP contribution in [0.25, 0.3) is 5.69 Å². The predicted molar refractivity (Wildman–Crippen MR) is 60.8 cm³/mol. The van der Waals surface area contributed by atoms with Crippen molar-refractivity contribution in [2.24, 2.45) is 7.05 Å². The SMILES string of the molecule is Cc1c(Cl)c(=O)n(-c2ccccc2)n1C. The highest BCUT2D eigenvalue weighted by molar-refractivity contribution is 6.31. The Labute approximate surface area is 92.5 Å². The summed E-state index contributed by atoms with van der Waals surface area (Å²) in [6.45, 7) is 1.82. The van der Waals surface area contributed by atoms with Gasteiger partial charge in [0.25, 0.3) is 5.56 Å². The molecule has 3 nitrogen and oxygen atoms in total. The molecule has 0 amide bonds. The van der Waals surface area contributed by atoms with Crippen molar-refractivity contribution in [1.29, 1.82) is 0 Å². The van der Waals surface area contributed by atoms with Crippen molar-refractivity contribution in [1.82, 2.24) is 9.36 Å². The molecule has 0 atom stereocenters. The van der Waals surface area contributed by atoms with Gasteiger partial charge in [0.1, 0.15) is 5.02 Å². The lowest BCUT2D eigenvalue weighted by Gasteiger charge is -2.07. The van der Waals surface area contributed by atoms with E-state index in [1.165, 1.54) is 0 Å². The number of rotatable bonds is 1. The number of para-hydroxylation sites is 1. The van der Waals surface area contributed by atoms with Crippen LogP contribution in [0.1, 0.15) is 5.69 Å². The van der Waals surface area contributed by atoms with Crippen molar-refractivity contribution in [2.45, 2.75) is 6.92 Å². The number of hydrogen-bond acceptors (Lipinski definition) is 1. The molecule has 0 aliphatic carbocycles. The lowest BCUT2D eigenvalue weighted by molar-refractivity contribution is 0.630. The van der Waals surface area contributed by atoms with Crippen molar-refractivity contribution in [3.63, 3.8) is 0 Å². The normalized spacial score (nSPS) is 10.6. The quantitative estimate of drug-likeness (QED) is 0.726. The van der Waals surface area contributed by atoms with E-state index >= 15 is 0 Å². The van der Waals surface area contributed by atoms with Crippen molar-refractivity contribution in [3.8, 4) is 5.69 Å². The zero-order chi connectivity index (χ0) is 11.0. The average molecular weight is 223 g/mol. The van der Waals surface area contributed by atoms with Crippen LogP contribution in [0.2, 0.25) is 5.02 Å². The summed E-state index contributed by atoms with van der Waals surface area (Å²) in [4.78, 5) is 11.8. The van der Waals surface area contributed by atoms with E-state index in [0.29, 0.717) is 0 Å². The van der Waals surface area contributed by atoms with E-state index in [9.17, 15) is 4.79 Å². The van der Waals surface area contributed by atoms with Crippen LogP contribution in [0, 0.1) is 6.92 Å². The molecule has 4 heteroatoms. The molecule has 0 aliphatic heterocycles. The molecule has 1 heterocycles. The molecular formula is C11H11ClN2O. The Bertz CT molecular complexity index is 540. The van der Waals surface area contributed by atoms with Crippen molar-refractivity contribution in [3.05, 3.63) is 51.4 Å². The standard InChI is InChI=1S/C11H11ClN2O/c1-8-10(12)11(15)14(13(8)2)9-6-4-3-5-7-9/h3-7H,1-2H3. The maximum absolute atomic E-state index is 11.8. The second kappa shape index (κ2) is 3.59. The molecule has 0 fully saturated rings. The highest BCUT2D eigenvalue weighted by Gasteiger charge is 2.13. The Hall–Kier alpha value is -1.48. The Balaban J connectivity index is 2.75. The zero-order valence-electron chi connectivity index (χ0n) is 8.57. The molecular weight excluding hydrogens is 212 g/mol. The molecule has 0 bridgehead atoms. The topological polar surface area (TPSA) is 26.9 Å². The van der Waals surface area contributed by atoms with Crippen molar-refractivity contribution < 1.29 is 0 Å². The number of halogens is 1. The molecule has 0 spiro atoms. The van der Waals surface area contributed by atoms with Crippen LogP contribution in [0.3, 0.4) is 0 Å². The summed E-state index contributed by atoms with van der Waals surface area (Å²) in [5, 5.41) is 0.279. The van der Waals surface area contributed by atoms with Gasteiger partial charge in [-0.15, -0.1) is 0 Å². The van der Waals surface area contributed by atoms with Crippen LogP contribution in [0.5, 0.6) is 0 Å². The zero-order valence-corrected chi connectivity index (χ0v) is 9.32. The van der Waals surface area contributed by atoms with Crippen LogP contribution in [0.4, 0.5) is 0 Å². The summed E-state index contributed by atoms with van der Waals surface area (Å²) in [5.41, 5.74) is 1.41. The van der Waals surface area contributed by atoms with Gasteiger partial charge < -0.3 is 0 Å². The Morgan fingerprint density at radius 1 is 1.20 bits per heavy atom. The lowest BCUT2D eigenvalue weighted by atomic mass is 10.3. The van der Waals surface area contributed by atoms with Gasteiger partial charge in [0.05, 0.1) is 11.4 Å². The summed E-state index contributed by atoms with van der Waals surface area (Å²) in [6, 6.07) is 9.43. The minimum Gasteiger partial charge on any atom is -0.284 e. The van der Waals surface area contributed by atoms with E-state index < -0.39 is 0 Å². The number of hydrogen-bond donors (Lipinski definition) is 0. The molecule has 1 aromatic heterocycles.